The monoisotopic (exact) mass is 253 g/mol. The van der Waals surface area contributed by atoms with Gasteiger partial charge < -0.3 is 9.94 Å². The van der Waals surface area contributed by atoms with E-state index in [1.54, 1.807) is 12.1 Å². The number of fused-ring (bicyclic) bond motifs is 1. The van der Waals surface area contributed by atoms with Crippen molar-refractivity contribution in [3.05, 3.63) is 35.0 Å². The number of hydrogen-bond donors (Lipinski definition) is 1. The molecule has 0 aliphatic rings. The first kappa shape index (κ1) is 11.5. The van der Waals surface area contributed by atoms with Crippen LogP contribution in [0.1, 0.15) is 4.88 Å². The zero-order valence-corrected chi connectivity index (χ0v) is 9.62. The molecule has 0 radical (unpaired) electrons. The summed E-state index contributed by atoms with van der Waals surface area (Å²) in [5.74, 6) is -1.59. The minimum atomic E-state index is -1.21. The van der Waals surface area contributed by atoms with Crippen molar-refractivity contribution in [2.45, 2.75) is 0 Å². The summed E-state index contributed by atoms with van der Waals surface area (Å²) in [6.07, 6.45) is 0. The smallest absolute Gasteiger partial charge is 0.359 e. The molecular formula is C11H8FNO3S. The highest BCUT2D eigenvalue weighted by atomic mass is 32.1. The lowest BCUT2D eigenvalue weighted by molar-refractivity contribution is -0.129. The number of benzene rings is 1. The van der Waals surface area contributed by atoms with Crippen LogP contribution in [0, 0.1) is 5.82 Å². The van der Waals surface area contributed by atoms with Crippen LogP contribution in [0.15, 0.2) is 29.4 Å². The van der Waals surface area contributed by atoms with Crippen LogP contribution in [-0.4, -0.2) is 23.9 Å². The predicted molar refractivity (Wildman–Crippen MR) is 63.0 cm³/mol. The lowest BCUT2D eigenvalue weighted by Crippen LogP contribution is -2.13. The third kappa shape index (κ3) is 2.12. The Kier molecular flexibility index (Phi) is 3.06. The Morgan fingerprint density at radius 1 is 1.53 bits per heavy atom. The fourth-order valence-corrected chi connectivity index (χ4v) is 2.47. The maximum absolute atomic E-state index is 13.4. The third-order valence-corrected chi connectivity index (χ3v) is 3.23. The molecule has 0 saturated carbocycles. The second-order valence-electron chi connectivity index (χ2n) is 3.19. The van der Waals surface area contributed by atoms with Crippen molar-refractivity contribution in [1.82, 2.24) is 0 Å². The normalized spacial score (nSPS) is 11.8. The standard InChI is InChI=1S/C11H8FNO3S/c1-16-13-10(11(14)15)9-5-6-7(12)3-2-4-8(6)17-9/h2-5H,1H3,(H,14,15)/b13-10+. The van der Waals surface area contributed by atoms with Gasteiger partial charge >= 0.3 is 5.97 Å². The molecule has 0 aliphatic carbocycles. The summed E-state index contributed by atoms with van der Waals surface area (Å²) in [7, 11) is 1.26. The van der Waals surface area contributed by atoms with Crippen molar-refractivity contribution >= 4 is 33.1 Å². The van der Waals surface area contributed by atoms with E-state index in [9.17, 15) is 9.18 Å². The number of carboxylic acids is 1. The van der Waals surface area contributed by atoms with Gasteiger partial charge in [-0.1, -0.05) is 11.2 Å². The van der Waals surface area contributed by atoms with Crippen molar-refractivity contribution in [3.63, 3.8) is 0 Å². The SMILES string of the molecule is CO/N=C(/C(=O)O)c1cc2c(F)cccc2s1. The second kappa shape index (κ2) is 4.50. The minimum absolute atomic E-state index is 0.229. The molecule has 17 heavy (non-hydrogen) atoms. The van der Waals surface area contributed by atoms with Crippen LogP contribution in [0.4, 0.5) is 4.39 Å². The van der Waals surface area contributed by atoms with Crippen molar-refractivity contribution in [2.24, 2.45) is 5.16 Å². The second-order valence-corrected chi connectivity index (χ2v) is 4.27. The molecular weight excluding hydrogens is 245 g/mol. The molecule has 0 bridgehead atoms. The van der Waals surface area contributed by atoms with Gasteiger partial charge in [0.1, 0.15) is 12.9 Å². The van der Waals surface area contributed by atoms with E-state index in [4.69, 9.17) is 5.11 Å². The number of oxime groups is 1. The van der Waals surface area contributed by atoms with Crippen LogP contribution in [0.2, 0.25) is 0 Å². The summed E-state index contributed by atoms with van der Waals surface area (Å²) in [5.41, 5.74) is -0.229. The molecule has 1 aromatic heterocycles. The molecule has 0 saturated heterocycles. The lowest BCUT2D eigenvalue weighted by Gasteiger charge is -1.94. The first-order chi connectivity index (χ1) is 8.13. The van der Waals surface area contributed by atoms with Crippen LogP contribution < -0.4 is 0 Å². The van der Waals surface area contributed by atoms with Gasteiger partial charge in [-0.3, -0.25) is 0 Å². The Balaban J connectivity index is 2.60. The number of thiophene rings is 1. The van der Waals surface area contributed by atoms with Gasteiger partial charge in [-0.2, -0.15) is 0 Å². The number of aliphatic carboxylic acids is 1. The molecule has 0 unspecified atom stereocenters. The zero-order valence-electron chi connectivity index (χ0n) is 8.81. The highest BCUT2D eigenvalue weighted by Gasteiger charge is 2.17. The zero-order chi connectivity index (χ0) is 12.4. The van der Waals surface area contributed by atoms with E-state index >= 15 is 0 Å². The average Bonchev–Trinajstić information content (AvgIpc) is 2.70. The van der Waals surface area contributed by atoms with Crippen molar-refractivity contribution in [3.8, 4) is 0 Å². The summed E-state index contributed by atoms with van der Waals surface area (Å²) in [6.45, 7) is 0. The van der Waals surface area contributed by atoms with Crippen LogP contribution in [0.3, 0.4) is 0 Å². The van der Waals surface area contributed by atoms with Crippen LogP contribution in [0.25, 0.3) is 10.1 Å². The first-order valence-electron chi connectivity index (χ1n) is 4.66. The Morgan fingerprint density at radius 2 is 2.29 bits per heavy atom. The van der Waals surface area contributed by atoms with Gasteiger partial charge in [0.05, 0.1) is 4.88 Å². The fraction of sp³-hybridized carbons (Fsp3) is 0.0909. The first-order valence-corrected chi connectivity index (χ1v) is 5.48. The molecule has 6 heteroatoms. The van der Waals surface area contributed by atoms with Crippen molar-refractivity contribution in [2.75, 3.05) is 7.11 Å². The van der Waals surface area contributed by atoms with E-state index in [1.165, 1.54) is 19.2 Å². The van der Waals surface area contributed by atoms with Crippen LogP contribution in [0.5, 0.6) is 0 Å². The maximum atomic E-state index is 13.4. The fourth-order valence-electron chi connectivity index (χ4n) is 1.42. The average molecular weight is 253 g/mol. The van der Waals surface area contributed by atoms with Gasteiger partial charge in [0.15, 0.2) is 0 Å². The molecule has 0 fully saturated rings. The van der Waals surface area contributed by atoms with E-state index in [1.807, 2.05) is 0 Å². The molecule has 88 valence electrons. The summed E-state index contributed by atoms with van der Waals surface area (Å²) in [5, 5.41) is 12.8. The van der Waals surface area contributed by atoms with E-state index in [0.29, 0.717) is 15.0 Å². The predicted octanol–water partition coefficient (Wildman–Crippen LogP) is 2.48. The Morgan fingerprint density at radius 3 is 2.88 bits per heavy atom. The Labute approximate surface area is 99.9 Å². The molecule has 0 aliphatic heterocycles. The Hall–Kier alpha value is -1.95. The molecule has 2 aromatic rings. The summed E-state index contributed by atoms with van der Waals surface area (Å²) in [4.78, 5) is 15.8. The summed E-state index contributed by atoms with van der Waals surface area (Å²) < 4.78 is 14.1. The van der Waals surface area contributed by atoms with Crippen LogP contribution >= 0.6 is 11.3 Å². The molecule has 0 atom stereocenters. The topological polar surface area (TPSA) is 58.9 Å². The molecule has 1 N–H and O–H groups in total. The Bertz CT molecular complexity index is 606. The molecule has 4 nitrogen and oxygen atoms in total. The number of hydrogen-bond acceptors (Lipinski definition) is 4. The highest BCUT2D eigenvalue weighted by molar-refractivity contribution is 7.21. The van der Waals surface area contributed by atoms with Gasteiger partial charge in [0.2, 0.25) is 5.71 Å². The molecule has 0 spiro atoms. The number of halogens is 1. The lowest BCUT2D eigenvalue weighted by atomic mass is 10.2. The number of rotatable bonds is 3. The van der Waals surface area contributed by atoms with Gasteiger partial charge in [0, 0.05) is 10.1 Å². The van der Waals surface area contributed by atoms with Gasteiger partial charge in [-0.25, -0.2) is 9.18 Å². The van der Waals surface area contributed by atoms with Gasteiger partial charge in [-0.05, 0) is 18.2 Å². The molecule has 1 heterocycles. The minimum Gasteiger partial charge on any atom is -0.476 e. The number of carbonyl (C=O) groups is 1. The number of nitrogens with zero attached hydrogens (tertiary/aromatic N) is 1. The third-order valence-electron chi connectivity index (χ3n) is 2.13. The molecule has 0 amide bonds. The number of carboxylic acid groups (broad SMARTS) is 1. The largest absolute Gasteiger partial charge is 0.476 e. The quantitative estimate of drug-likeness (QED) is 0.675. The molecule has 2 rings (SSSR count). The van der Waals surface area contributed by atoms with E-state index in [-0.39, 0.29) is 11.5 Å². The van der Waals surface area contributed by atoms with Gasteiger partial charge in [-0.15, -0.1) is 11.3 Å². The van der Waals surface area contributed by atoms with Crippen molar-refractivity contribution in [1.29, 1.82) is 0 Å². The summed E-state index contributed by atoms with van der Waals surface area (Å²) in [6, 6.07) is 6.08. The van der Waals surface area contributed by atoms with E-state index in [0.717, 1.165) is 11.3 Å². The maximum Gasteiger partial charge on any atom is 0.359 e. The molecule has 1 aromatic carbocycles. The van der Waals surface area contributed by atoms with Crippen molar-refractivity contribution < 1.29 is 19.1 Å². The van der Waals surface area contributed by atoms with E-state index in [2.05, 4.69) is 9.99 Å². The highest BCUT2D eigenvalue weighted by Crippen LogP contribution is 2.28. The summed E-state index contributed by atoms with van der Waals surface area (Å²) >= 11 is 1.16. The van der Waals surface area contributed by atoms with Crippen LogP contribution in [-0.2, 0) is 9.63 Å². The van der Waals surface area contributed by atoms with E-state index < -0.39 is 5.97 Å². The van der Waals surface area contributed by atoms with Gasteiger partial charge in [0.25, 0.3) is 0 Å².